The Morgan fingerprint density at radius 2 is 2.15 bits per heavy atom. The van der Waals surface area contributed by atoms with Gasteiger partial charge in [-0.05, 0) is 65.3 Å². The van der Waals surface area contributed by atoms with Gasteiger partial charge >= 0.3 is 0 Å². The van der Waals surface area contributed by atoms with Gasteiger partial charge in [-0.25, -0.2) is 0 Å². The number of anilines is 1. The Morgan fingerprint density at radius 3 is 2.90 bits per heavy atom. The molecule has 1 amide bonds. The van der Waals surface area contributed by atoms with Gasteiger partial charge in [-0.3, -0.25) is 9.48 Å². The molecule has 1 aromatic carbocycles. The highest BCUT2D eigenvalue weighted by molar-refractivity contribution is 14.1. The number of nitrogens with zero attached hydrogens (tertiary/aromatic N) is 3. The van der Waals surface area contributed by atoms with Crippen LogP contribution in [-0.4, -0.2) is 15.7 Å². The molecule has 2 heterocycles. The number of hydrogen-bond donors (Lipinski definition) is 0. The normalized spacial score (nSPS) is 15.1. The van der Waals surface area contributed by atoms with Crippen LogP contribution in [0.25, 0.3) is 0 Å². The van der Waals surface area contributed by atoms with Crippen molar-refractivity contribution in [3.05, 3.63) is 45.3 Å². The van der Waals surface area contributed by atoms with Gasteiger partial charge in [-0.15, -0.1) is 0 Å². The average Bonchev–Trinajstić information content (AvgIpc) is 2.75. The fourth-order valence-corrected chi connectivity index (χ4v) is 3.16. The summed E-state index contributed by atoms with van der Waals surface area (Å²) < 4.78 is 2.99. The first kappa shape index (κ1) is 13.6. The highest BCUT2D eigenvalue weighted by Gasteiger charge is 2.23. The average molecular weight is 381 g/mol. The van der Waals surface area contributed by atoms with Gasteiger partial charge < -0.3 is 4.90 Å². The minimum absolute atomic E-state index is 0.190. The maximum absolute atomic E-state index is 12.4. The molecular formula is C15H16IN3O. The Hall–Kier alpha value is -1.37. The van der Waals surface area contributed by atoms with Crippen LogP contribution in [0.1, 0.15) is 24.1 Å². The minimum Gasteiger partial charge on any atom is -0.306 e. The number of carbonyl (C=O) groups excluding carboxylic acids is 1. The molecular weight excluding hydrogens is 365 g/mol. The summed E-state index contributed by atoms with van der Waals surface area (Å²) in [6.45, 7) is 0.549. The first-order valence-electron chi connectivity index (χ1n) is 6.71. The zero-order valence-electron chi connectivity index (χ0n) is 11.3. The second-order valence-corrected chi connectivity index (χ2v) is 6.33. The van der Waals surface area contributed by atoms with Crippen LogP contribution in [0.15, 0.2) is 30.5 Å². The van der Waals surface area contributed by atoms with Gasteiger partial charge in [0, 0.05) is 28.9 Å². The van der Waals surface area contributed by atoms with Crippen molar-refractivity contribution >= 4 is 34.2 Å². The predicted octanol–water partition coefficient (Wildman–Crippen LogP) is 2.89. The van der Waals surface area contributed by atoms with Crippen LogP contribution in [0.3, 0.4) is 0 Å². The summed E-state index contributed by atoms with van der Waals surface area (Å²) in [6.07, 6.45) is 4.41. The van der Waals surface area contributed by atoms with E-state index in [1.807, 2.05) is 24.2 Å². The third-order valence-corrected chi connectivity index (χ3v) is 4.23. The smallest absolute Gasteiger partial charge is 0.227 e. The van der Waals surface area contributed by atoms with Crippen LogP contribution in [0.4, 0.5) is 5.69 Å². The summed E-state index contributed by atoms with van der Waals surface area (Å²) in [6, 6.07) is 8.26. The molecule has 1 aromatic heterocycles. The minimum atomic E-state index is 0.190. The molecule has 4 nitrogen and oxygen atoms in total. The van der Waals surface area contributed by atoms with Crippen molar-refractivity contribution in [3.63, 3.8) is 0 Å². The molecule has 20 heavy (non-hydrogen) atoms. The van der Waals surface area contributed by atoms with Crippen molar-refractivity contribution in [2.45, 2.75) is 25.8 Å². The van der Waals surface area contributed by atoms with Crippen LogP contribution >= 0.6 is 22.6 Å². The summed E-state index contributed by atoms with van der Waals surface area (Å²) in [5.41, 5.74) is 3.23. The third kappa shape index (κ3) is 2.72. The lowest BCUT2D eigenvalue weighted by Gasteiger charge is -2.22. The van der Waals surface area contributed by atoms with Gasteiger partial charge in [-0.1, -0.05) is 0 Å². The summed E-state index contributed by atoms with van der Waals surface area (Å²) in [5.74, 6) is 0.190. The molecule has 0 radical (unpaired) electrons. The monoisotopic (exact) mass is 381 g/mol. The van der Waals surface area contributed by atoms with E-state index in [9.17, 15) is 4.79 Å². The van der Waals surface area contributed by atoms with E-state index in [2.05, 4.69) is 45.9 Å². The van der Waals surface area contributed by atoms with Crippen molar-refractivity contribution in [1.29, 1.82) is 0 Å². The Labute approximate surface area is 131 Å². The molecule has 0 N–H and O–H groups in total. The van der Waals surface area contributed by atoms with Crippen LogP contribution in [0, 0.1) is 3.57 Å². The molecule has 104 valence electrons. The molecule has 0 aliphatic carbocycles. The van der Waals surface area contributed by atoms with Gasteiger partial charge in [0.05, 0.1) is 12.2 Å². The van der Waals surface area contributed by atoms with E-state index in [0.29, 0.717) is 13.0 Å². The SMILES string of the molecule is Cn1ccc(CN2C(=O)CCCc3cc(I)ccc32)n1. The number of halogens is 1. The van der Waals surface area contributed by atoms with E-state index in [1.54, 1.807) is 4.68 Å². The molecule has 0 unspecified atom stereocenters. The van der Waals surface area contributed by atoms with Crippen molar-refractivity contribution in [3.8, 4) is 0 Å². The zero-order valence-corrected chi connectivity index (χ0v) is 13.5. The maximum Gasteiger partial charge on any atom is 0.227 e. The fourth-order valence-electron chi connectivity index (χ4n) is 2.60. The Morgan fingerprint density at radius 1 is 1.30 bits per heavy atom. The molecule has 0 spiro atoms. The largest absolute Gasteiger partial charge is 0.306 e. The highest BCUT2D eigenvalue weighted by Crippen LogP contribution is 2.29. The number of fused-ring (bicyclic) bond motifs is 1. The van der Waals surface area contributed by atoms with Crippen molar-refractivity contribution in [2.24, 2.45) is 7.05 Å². The zero-order chi connectivity index (χ0) is 14.1. The van der Waals surface area contributed by atoms with Crippen LogP contribution in [0.2, 0.25) is 0 Å². The number of benzene rings is 1. The second-order valence-electron chi connectivity index (χ2n) is 5.09. The molecule has 1 aliphatic heterocycles. The van der Waals surface area contributed by atoms with E-state index >= 15 is 0 Å². The summed E-state index contributed by atoms with van der Waals surface area (Å²) >= 11 is 2.32. The summed E-state index contributed by atoms with van der Waals surface area (Å²) in [5, 5.41) is 4.38. The molecule has 5 heteroatoms. The van der Waals surface area contributed by atoms with Crippen LogP contribution in [0.5, 0.6) is 0 Å². The number of hydrogen-bond acceptors (Lipinski definition) is 2. The lowest BCUT2D eigenvalue weighted by molar-refractivity contribution is -0.118. The first-order chi connectivity index (χ1) is 9.63. The summed E-state index contributed by atoms with van der Waals surface area (Å²) in [7, 11) is 1.89. The first-order valence-corrected chi connectivity index (χ1v) is 7.79. The number of aromatic nitrogens is 2. The van der Waals surface area contributed by atoms with Crippen LogP contribution < -0.4 is 4.90 Å². The van der Waals surface area contributed by atoms with Gasteiger partial charge in [0.15, 0.2) is 0 Å². The lowest BCUT2D eigenvalue weighted by Crippen LogP contribution is -2.29. The van der Waals surface area contributed by atoms with E-state index < -0.39 is 0 Å². The second kappa shape index (κ2) is 5.55. The van der Waals surface area contributed by atoms with Gasteiger partial charge in [0.25, 0.3) is 0 Å². The molecule has 0 atom stereocenters. The molecule has 3 rings (SSSR count). The Balaban J connectivity index is 1.97. The number of amides is 1. The highest BCUT2D eigenvalue weighted by atomic mass is 127. The predicted molar refractivity (Wildman–Crippen MR) is 86.5 cm³/mol. The van der Waals surface area contributed by atoms with Gasteiger partial charge in [-0.2, -0.15) is 5.10 Å². The lowest BCUT2D eigenvalue weighted by atomic mass is 10.1. The van der Waals surface area contributed by atoms with E-state index in [4.69, 9.17) is 0 Å². The third-order valence-electron chi connectivity index (χ3n) is 3.56. The summed E-state index contributed by atoms with van der Waals surface area (Å²) in [4.78, 5) is 14.2. The molecule has 0 bridgehead atoms. The number of carbonyl (C=O) groups is 1. The van der Waals surface area contributed by atoms with E-state index in [1.165, 1.54) is 9.13 Å². The topological polar surface area (TPSA) is 38.1 Å². The maximum atomic E-state index is 12.4. The molecule has 2 aromatic rings. The van der Waals surface area contributed by atoms with Crippen molar-refractivity contribution in [2.75, 3.05) is 4.90 Å². The fraction of sp³-hybridized carbons (Fsp3) is 0.333. The van der Waals surface area contributed by atoms with Gasteiger partial charge in [0.1, 0.15) is 0 Å². The number of aryl methyl sites for hydroxylation is 2. The Kier molecular flexibility index (Phi) is 3.78. The van der Waals surface area contributed by atoms with E-state index in [-0.39, 0.29) is 5.91 Å². The Bertz CT molecular complexity index is 650. The van der Waals surface area contributed by atoms with Crippen molar-refractivity contribution in [1.82, 2.24) is 9.78 Å². The van der Waals surface area contributed by atoms with Gasteiger partial charge in [0.2, 0.25) is 5.91 Å². The van der Waals surface area contributed by atoms with Crippen molar-refractivity contribution < 1.29 is 4.79 Å². The van der Waals surface area contributed by atoms with Crippen LogP contribution in [-0.2, 0) is 24.8 Å². The number of rotatable bonds is 2. The quantitative estimate of drug-likeness (QED) is 0.751. The molecule has 0 saturated heterocycles. The van der Waals surface area contributed by atoms with E-state index in [0.717, 1.165) is 24.2 Å². The molecule has 0 fully saturated rings. The standard InChI is InChI=1S/C15H16IN3O/c1-18-8-7-13(17-18)10-19-14-6-5-12(16)9-11(14)3-2-4-15(19)20/h5-9H,2-4,10H2,1H3. The molecule has 1 aliphatic rings. The molecule has 0 saturated carbocycles.